The minimum absolute atomic E-state index is 0.178. The molecule has 3 atom stereocenters. The third kappa shape index (κ3) is 3.01. The van der Waals surface area contributed by atoms with Crippen LogP contribution in [0.4, 0.5) is 5.69 Å². The number of amides is 1. The van der Waals surface area contributed by atoms with Crippen LogP contribution in [0.1, 0.15) is 42.0 Å². The Hall–Kier alpha value is -3.35. The Morgan fingerprint density at radius 1 is 1.43 bits per heavy atom. The monoisotopic (exact) mass is 412 g/mol. The van der Waals surface area contributed by atoms with Crippen molar-refractivity contribution < 1.29 is 24.5 Å². The Labute approximate surface area is 174 Å². The van der Waals surface area contributed by atoms with Crippen LogP contribution in [0.15, 0.2) is 24.4 Å². The lowest BCUT2D eigenvalue weighted by molar-refractivity contribution is -0.168. The predicted octanol–water partition coefficient (Wildman–Crippen LogP) is 1.15. The van der Waals surface area contributed by atoms with Crippen molar-refractivity contribution in [2.75, 3.05) is 19.0 Å². The molecule has 30 heavy (non-hydrogen) atoms. The molecule has 0 bridgehead atoms. The number of rotatable bonds is 5. The molecule has 0 radical (unpaired) electrons. The third-order valence-electron chi connectivity index (χ3n) is 5.42. The van der Waals surface area contributed by atoms with Crippen LogP contribution in [0, 0.1) is 18.3 Å². The molecule has 9 nitrogen and oxygen atoms in total. The number of primary amides is 1. The van der Waals surface area contributed by atoms with Crippen molar-refractivity contribution in [3.05, 3.63) is 46.6 Å². The molecule has 0 fully saturated rings. The molecule has 2 heterocycles. The van der Waals surface area contributed by atoms with Crippen LogP contribution in [0.25, 0.3) is 0 Å². The first-order valence-electron chi connectivity index (χ1n) is 9.35. The quantitative estimate of drug-likeness (QED) is 0.571. The standard InChI is InChI=1S/C21H24N4O5/c1-5-30-18-15-16(13-7-6-12(9-22)8-14(13)29-4)21(28,19(23)26)20(3,27)25-17(15)11(2)10-24-18/h6-8,10,16,25,27-28H,5H2,1-4H3,(H2,23,26)/t16-,20?,21?/m0/s1. The topological polar surface area (TPSA) is 151 Å². The second-order valence-electron chi connectivity index (χ2n) is 7.30. The van der Waals surface area contributed by atoms with Crippen LogP contribution in [0.5, 0.6) is 11.6 Å². The lowest BCUT2D eigenvalue weighted by Crippen LogP contribution is -2.69. The molecule has 0 saturated carbocycles. The number of aliphatic hydroxyl groups is 2. The Morgan fingerprint density at radius 2 is 2.13 bits per heavy atom. The van der Waals surface area contributed by atoms with Crippen LogP contribution in [-0.4, -0.2) is 46.1 Å². The van der Waals surface area contributed by atoms with E-state index in [4.69, 9.17) is 15.2 Å². The zero-order chi connectivity index (χ0) is 22.3. The molecule has 1 aliphatic heterocycles. The highest BCUT2D eigenvalue weighted by atomic mass is 16.5. The van der Waals surface area contributed by atoms with E-state index in [1.165, 1.54) is 26.2 Å². The van der Waals surface area contributed by atoms with Gasteiger partial charge in [-0.1, -0.05) is 6.07 Å². The number of carbonyl (C=O) groups excluding carboxylic acids is 1. The highest BCUT2D eigenvalue weighted by Gasteiger charge is 2.62. The summed E-state index contributed by atoms with van der Waals surface area (Å²) in [6, 6.07) is 6.58. The highest BCUT2D eigenvalue weighted by Crippen LogP contribution is 2.53. The molecule has 1 aromatic carbocycles. The van der Waals surface area contributed by atoms with Crippen LogP contribution in [0.2, 0.25) is 0 Å². The second-order valence-corrected chi connectivity index (χ2v) is 7.30. The van der Waals surface area contributed by atoms with Crippen molar-refractivity contribution in [2.45, 2.75) is 38.0 Å². The van der Waals surface area contributed by atoms with Crippen molar-refractivity contribution in [3.63, 3.8) is 0 Å². The van der Waals surface area contributed by atoms with Gasteiger partial charge in [-0.3, -0.25) is 4.79 Å². The first-order chi connectivity index (χ1) is 14.1. The SMILES string of the molecule is CCOc1ncc(C)c2c1[C@H](c1ccc(C#N)cc1OC)C(O)(C(N)=O)C(C)(O)N2. The van der Waals surface area contributed by atoms with Gasteiger partial charge in [0.25, 0.3) is 5.91 Å². The van der Waals surface area contributed by atoms with E-state index < -0.39 is 23.2 Å². The van der Waals surface area contributed by atoms with Gasteiger partial charge in [0, 0.05) is 17.3 Å². The number of fused-ring (bicyclic) bond motifs is 1. The molecule has 1 amide bonds. The van der Waals surface area contributed by atoms with Gasteiger partial charge < -0.3 is 30.7 Å². The number of anilines is 1. The number of nitrogens with one attached hydrogen (secondary N) is 1. The number of methoxy groups -OCH3 is 1. The van der Waals surface area contributed by atoms with E-state index in [1.807, 2.05) is 6.07 Å². The summed E-state index contributed by atoms with van der Waals surface area (Å²) in [5.74, 6) is -1.92. The zero-order valence-corrected chi connectivity index (χ0v) is 17.2. The number of carbonyl (C=O) groups is 1. The van der Waals surface area contributed by atoms with E-state index in [1.54, 1.807) is 26.1 Å². The summed E-state index contributed by atoms with van der Waals surface area (Å²) in [4.78, 5) is 16.9. The average Bonchev–Trinajstić information content (AvgIpc) is 2.71. The first-order valence-corrected chi connectivity index (χ1v) is 9.35. The Balaban J connectivity index is 2.45. The predicted molar refractivity (Wildman–Crippen MR) is 108 cm³/mol. The van der Waals surface area contributed by atoms with Gasteiger partial charge in [0.2, 0.25) is 11.5 Å². The molecule has 158 valence electrons. The highest BCUT2D eigenvalue weighted by molar-refractivity contribution is 5.90. The van der Waals surface area contributed by atoms with E-state index in [-0.39, 0.29) is 18.2 Å². The number of hydrogen-bond donors (Lipinski definition) is 4. The number of aromatic nitrogens is 1. The minimum atomic E-state index is -2.50. The summed E-state index contributed by atoms with van der Waals surface area (Å²) in [6.07, 6.45) is 1.56. The van der Waals surface area contributed by atoms with Crippen LogP contribution < -0.4 is 20.5 Å². The Bertz CT molecular complexity index is 1050. The van der Waals surface area contributed by atoms with Crippen LogP contribution in [-0.2, 0) is 4.79 Å². The lowest BCUT2D eigenvalue weighted by Gasteiger charge is -2.49. The number of pyridine rings is 1. The van der Waals surface area contributed by atoms with Crippen LogP contribution in [0.3, 0.4) is 0 Å². The number of aryl methyl sites for hydroxylation is 1. The molecule has 2 aromatic rings. The van der Waals surface area contributed by atoms with E-state index >= 15 is 0 Å². The van der Waals surface area contributed by atoms with Crippen molar-refractivity contribution in [1.29, 1.82) is 5.26 Å². The smallest absolute Gasteiger partial charge is 0.255 e. The fourth-order valence-electron chi connectivity index (χ4n) is 3.90. The fourth-order valence-corrected chi connectivity index (χ4v) is 3.90. The molecule has 5 N–H and O–H groups in total. The molecule has 0 spiro atoms. The van der Waals surface area contributed by atoms with E-state index in [2.05, 4.69) is 10.3 Å². The molecule has 9 heteroatoms. The summed E-state index contributed by atoms with van der Waals surface area (Å²) < 4.78 is 11.1. The number of nitrogens with two attached hydrogens (primary N) is 1. The van der Waals surface area contributed by atoms with Crippen molar-refractivity contribution in [3.8, 4) is 17.7 Å². The van der Waals surface area contributed by atoms with Gasteiger partial charge >= 0.3 is 0 Å². The zero-order valence-electron chi connectivity index (χ0n) is 17.2. The van der Waals surface area contributed by atoms with E-state index in [0.29, 0.717) is 27.9 Å². The number of benzene rings is 1. The molecule has 0 saturated heterocycles. The van der Waals surface area contributed by atoms with Gasteiger partial charge in [0.1, 0.15) is 5.75 Å². The van der Waals surface area contributed by atoms with E-state index in [0.717, 1.165) is 0 Å². The summed E-state index contributed by atoms with van der Waals surface area (Å²) in [6.45, 7) is 5.10. The van der Waals surface area contributed by atoms with Gasteiger partial charge in [0.15, 0.2) is 5.72 Å². The van der Waals surface area contributed by atoms with E-state index in [9.17, 15) is 20.3 Å². The second kappa shape index (κ2) is 7.48. The van der Waals surface area contributed by atoms with Crippen molar-refractivity contribution >= 4 is 11.6 Å². The average molecular weight is 412 g/mol. The summed E-state index contributed by atoms with van der Waals surface area (Å²) in [5, 5.41) is 34.8. The van der Waals surface area contributed by atoms with Crippen LogP contribution >= 0.6 is 0 Å². The Kier molecular flexibility index (Phi) is 5.33. The first kappa shape index (κ1) is 21.4. The van der Waals surface area contributed by atoms with Gasteiger partial charge in [-0.2, -0.15) is 5.26 Å². The summed E-state index contributed by atoms with van der Waals surface area (Å²) >= 11 is 0. The van der Waals surface area contributed by atoms with Gasteiger partial charge in [-0.15, -0.1) is 0 Å². The normalized spacial score (nSPS) is 24.9. The fraction of sp³-hybridized carbons (Fsp3) is 0.381. The largest absolute Gasteiger partial charge is 0.496 e. The number of ether oxygens (including phenoxy) is 2. The molecule has 2 unspecified atom stereocenters. The maximum absolute atomic E-state index is 12.6. The Morgan fingerprint density at radius 3 is 2.70 bits per heavy atom. The molecular formula is C21H24N4O5. The third-order valence-corrected chi connectivity index (χ3v) is 5.42. The lowest BCUT2D eigenvalue weighted by atomic mass is 9.68. The molecule has 1 aromatic heterocycles. The van der Waals surface area contributed by atoms with Gasteiger partial charge in [-0.25, -0.2) is 4.98 Å². The number of nitrogens with zero attached hydrogens (tertiary/aromatic N) is 2. The number of nitriles is 1. The summed E-state index contributed by atoms with van der Waals surface area (Å²) in [5.41, 5.74) is 3.14. The molecule has 1 aliphatic rings. The minimum Gasteiger partial charge on any atom is -0.496 e. The number of hydrogen-bond acceptors (Lipinski definition) is 8. The van der Waals surface area contributed by atoms with Gasteiger partial charge in [0.05, 0.1) is 37.0 Å². The maximum Gasteiger partial charge on any atom is 0.255 e. The molecule has 3 rings (SSSR count). The van der Waals surface area contributed by atoms with Crippen molar-refractivity contribution in [1.82, 2.24) is 4.98 Å². The van der Waals surface area contributed by atoms with Crippen molar-refractivity contribution in [2.24, 2.45) is 5.73 Å². The maximum atomic E-state index is 12.6. The van der Waals surface area contributed by atoms with Gasteiger partial charge in [-0.05, 0) is 38.5 Å². The summed E-state index contributed by atoms with van der Waals surface area (Å²) in [7, 11) is 1.40. The molecule has 0 aliphatic carbocycles. The molecular weight excluding hydrogens is 388 g/mol.